The van der Waals surface area contributed by atoms with Gasteiger partial charge in [-0.1, -0.05) is 0 Å². The number of hydrogen-bond donors (Lipinski definition) is 2. The van der Waals surface area contributed by atoms with Crippen molar-refractivity contribution in [3.8, 4) is 17.4 Å². The Kier molecular flexibility index (Phi) is 3.79. The standard InChI is InChI=1S/C13H7F3N4O5/c14-13(15,16)25-6-1-2-8-9(3-6)18-11(19-10(8)21)20-5-7(4-17-20)24-12(22)23/h1-5H,(H,22,23)(H,18,19,21). The van der Waals surface area contributed by atoms with Crippen LogP contribution >= 0.6 is 0 Å². The fourth-order valence-electron chi connectivity index (χ4n) is 1.99. The van der Waals surface area contributed by atoms with Crippen molar-refractivity contribution in [2.75, 3.05) is 0 Å². The van der Waals surface area contributed by atoms with Crippen LogP contribution < -0.4 is 15.0 Å². The highest BCUT2D eigenvalue weighted by atomic mass is 19.4. The maximum Gasteiger partial charge on any atom is 0.573 e. The minimum atomic E-state index is -4.89. The van der Waals surface area contributed by atoms with Crippen LogP contribution in [0.25, 0.3) is 16.9 Å². The Hall–Kier alpha value is -3.57. The molecule has 0 aliphatic carbocycles. The highest BCUT2D eigenvalue weighted by Gasteiger charge is 2.31. The third-order valence-electron chi connectivity index (χ3n) is 2.88. The Morgan fingerprint density at radius 3 is 2.72 bits per heavy atom. The van der Waals surface area contributed by atoms with Crippen LogP contribution in [0.5, 0.6) is 11.5 Å². The minimum absolute atomic E-state index is 0.0347. The van der Waals surface area contributed by atoms with Gasteiger partial charge in [-0.15, -0.1) is 13.2 Å². The number of alkyl halides is 3. The molecule has 0 aliphatic rings. The average molecular weight is 356 g/mol. The molecule has 3 rings (SSSR count). The first-order valence-corrected chi connectivity index (χ1v) is 6.47. The summed E-state index contributed by atoms with van der Waals surface area (Å²) in [6, 6.07) is 3.06. The monoisotopic (exact) mass is 356 g/mol. The van der Waals surface area contributed by atoms with Gasteiger partial charge >= 0.3 is 12.5 Å². The number of fused-ring (bicyclic) bond motifs is 1. The Labute approximate surface area is 135 Å². The van der Waals surface area contributed by atoms with Gasteiger partial charge in [0.05, 0.1) is 23.3 Å². The van der Waals surface area contributed by atoms with Gasteiger partial charge in [0.1, 0.15) is 5.75 Å². The molecule has 0 spiro atoms. The van der Waals surface area contributed by atoms with E-state index in [0.717, 1.165) is 35.3 Å². The maximum absolute atomic E-state index is 12.3. The third-order valence-corrected chi connectivity index (χ3v) is 2.88. The zero-order valence-corrected chi connectivity index (χ0v) is 11.9. The zero-order valence-electron chi connectivity index (χ0n) is 11.9. The van der Waals surface area contributed by atoms with E-state index in [1.807, 2.05) is 0 Å². The number of carboxylic acid groups (broad SMARTS) is 1. The second-order valence-corrected chi connectivity index (χ2v) is 4.60. The third kappa shape index (κ3) is 3.68. The van der Waals surface area contributed by atoms with E-state index in [9.17, 15) is 22.8 Å². The van der Waals surface area contributed by atoms with Crippen molar-refractivity contribution in [2.24, 2.45) is 0 Å². The molecule has 0 bridgehead atoms. The fraction of sp³-hybridized carbons (Fsp3) is 0.0769. The van der Waals surface area contributed by atoms with Crippen molar-refractivity contribution in [3.63, 3.8) is 0 Å². The molecule has 0 aliphatic heterocycles. The van der Waals surface area contributed by atoms with Crippen LogP contribution in [0.15, 0.2) is 35.4 Å². The van der Waals surface area contributed by atoms with Gasteiger partial charge < -0.3 is 14.6 Å². The van der Waals surface area contributed by atoms with Gasteiger partial charge in [-0.05, 0) is 12.1 Å². The molecule has 0 radical (unpaired) electrons. The molecule has 1 aromatic carbocycles. The number of halogens is 3. The summed E-state index contributed by atoms with van der Waals surface area (Å²) in [6.07, 6.45) is -4.27. The van der Waals surface area contributed by atoms with E-state index in [2.05, 4.69) is 24.5 Å². The smallest absolute Gasteiger partial charge is 0.449 e. The molecule has 3 aromatic rings. The summed E-state index contributed by atoms with van der Waals surface area (Å²) in [5.74, 6) is -0.828. The van der Waals surface area contributed by atoms with Gasteiger partial charge in [-0.25, -0.2) is 14.5 Å². The summed E-state index contributed by atoms with van der Waals surface area (Å²) >= 11 is 0. The van der Waals surface area contributed by atoms with Crippen LogP contribution in [0.2, 0.25) is 0 Å². The molecule has 25 heavy (non-hydrogen) atoms. The Morgan fingerprint density at radius 2 is 2.04 bits per heavy atom. The normalized spacial score (nSPS) is 11.5. The molecule has 130 valence electrons. The molecule has 12 heteroatoms. The van der Waals surface area contributed by atoms with E-state index in [-0.39, 0.29) is 22.6 Å². The first kappa shape index (κ1) is 16.3. The van der Waals surface area contributed by atoms with Gasteiger partial charge in [-0.3, -0.25) is 9.78 Å². The van der Waals surface area contributed by atoms with E-state index in [1.165, 1.54) is 0 Å². The molecular formula is C13H7F3N4O5. The van der Waals surface area contributed by atoms with Crippen LogP contribution in [0.4, 0.5) is 18.0 Å². The molecule has 2 heterocycles. The minimum Gasteiger partial charge on any atom is -0.449 e. The Balaban J connectivity index is 2.03. The Morgan fingerprint density at radius 1 is 1.28 bits per heavy atom. The highest BCUT2D eigenvalue weighted by molar-refractivity contribution is 5.79. The zero-order chi connectivity index (χ0) is 18.2. The molecule has 9 nitrogen and oxygen atoms in total. The van der Waals surface area contributed by atoms with E-state index in [1.54, 1.807) is 0 Å². The van der Waals surface area contributed by atoms with Crippen molar-refractivity contribution >= 4 is 17.1 Å². The number of aromatic amines is 1. The van der Waals surface area contributed by atoms with Crippen molar-refractivity contribution in [1.29, 1.82) is 0 Å². The fourth-order valence-corrected chi connectivity index (χ4v) is 1.99. The largest absolute Gasteiger partial charge is 0.573 e. The number of aromatic nitrogens is 4. The van der Waals surface area contributed by atoms with Gasteiger partial charge in [0.25, 0.3) is 5.56 Å². The van der Waals surface area contributed by atoms with Crippen molar-refractivity contribution in [3.05, 3.63) is 40.9 Å². The van der Waals surface area contributed by atoms with E-state index >= 15 is 0 Å². The van der Waals surface area contributed by atoms with Crippen LogP contribution in [0, 0.1) is 0 Å². The van der Waals surface area contributed by atoms with E-state index in [4.69, 9.17) is 5.11 Å². The van der Waals surface area contributed by atoms with Crippen LogP contribution in [-0.2, 0) is 0 Å². The summed E-state index contributed by atoms with van der Waals surface area (Å²) in [4.78, 5) is 28.8. The number of nitrogens with zero attached hydrogens (tertiary/aromatic N) is 3. The summed E-state index contributed by atoms with van der Waals surface area (Å²) in [6.45, 7) is 0. The first-order valence-electron chi connectivity index (χ1n) is 6.47. The first-order chi connectivity index (χ1) is 11.7. The quantitative estimate of drug-likeness (QED) is 0.689. The van der Waals surface area contributed by atoms with Crippen molar-refractivity contribution in [2.45, 2.75) is 6.36 Å². The van der Waals surface area contributed by atoms with Gasteiger partial charge in [0.2, 0.25) is 5.95 Å². The lowest BCUT2D eigenvalue weighted by molar-refractivity contribution is -0.274. The summed E-state index contributed by atoms with van der Waals surface area (Å²) in [7, 11) is 0. The summed E-state index contributed by atoms with van der Waals surface area (Å²) < 4.78 is 46.0. The predicted octanol–water partition coefficient (Wildman–Crippen LogP) is 2.06. The predicted molar refractivity (Wildman–Crippen MR) is 74.8 cm³/mol. The number of carbonyl (C=O) groups is 1. The number of nitrogens with one attached hydrogen (secondary N) is 1. The lowest BCUT2D eigenvalue weighted by Crippen LogP contribution is -2.18. The summed E-state index contributed by atoms with van der Waals surface area (Å²) in [5, 5.41) is 12.3. The molecular weight excluding hydrogens is 349 g/mol. The lowest BCUT2D eigenvalue weighted by atomic mass is 10.2. The Bertz CT molecular complexity index is 1010. The van der Waals surface area contributed by atoms with Gasteiger partial charge in [-0.2, -0.15) is 5.10 Å². The molecule has 2 N–H and O–H groups in total. The molecule has 0 saturated heterocycles. The molecule has 0 atom stereocenters. The molecule has 0 unspecified atom stereocenters. The maximum atomic E-state index is 12.3. The van der Waals surface area contributed by atoms with Crippen LogP contribution in [0.1, 0.15) is 0 Å². The summed E-state index contributed by atoms with van der Waals surface area (Å²) in [5.41, 5.74) is -0.702. The van der Waals surface area contributed by atoms with Crippen molar-refractivity contribution in [1.82, 2.24) is 19.7 Å². The van der Waals surface area contributed by atoms with E-state index < -0.39 is 23.8 Å². The number of ether oxygens (including phenoxy) is 2. The SMILES string of the molecule is O=C(O)Oc1cnn(-c2nc3cc(OC(F)(F)F)ccc3c(=O)[nH]2)c1. The second kappa shape index (κ2) is 5.81. The highest BCUT2D eigenvalue weighted by Crippen LogP contribution is 2.25. The van der Waals surface area contributed by atoms with Crippen LogP contribution in [-0.4, -0.2) is 37.4 Å². The molecule has 0 saturated carbocycles. The van der Waals surface area contributed by atoms with Gasteiger partial charge in [0, 0.05) is 6.07 Å². The molecule has 2 aromatic heterocycles. The number of H-pyrrole nitrogens is 1. The second-order valence-electron chi connectivity index (χ2n) is 4.60. The topological polar surface area (TPSA) is 119 Å². The lowest BCUT2D eigenvalue weighted by Gasteiger charge is -2.09. The number of hydrogen-bond acceptors (Lipinski definition) is 6. The number of benzene rings is 1. The van der Waals surface area contributed by atoms with Crippen molar-refractivity contribution < 1.29 is 32.5 Å². The van der Waals surface area contributed by atoms with Gasteiger partial charge in [0.15, 0.2) is 5.75 Å². The molecule has 0 amide bonds. The average Bonchev–Trinajstić information content (AvgIpc) is 2.92. The van der Waals surface area contributed by atoms with E-state index in [0.29, 0.717) is 0 Å². The molecule has 0 fully saturated rings. The van der Waals surface area contributed by atoms with Crippen LogP contribution in [0.3, 0.4) is 0 Å². The number of rotatable bonds is 3.